The fraction of sp³-hybridized carbons (Fsp3) is 0.464. The summed E-state index contributed by atoms with van der Waals surface area (Å²) < 4.78 is 18.1. The number of rotatable bonds is 9. The third kappa shape index (κ3) is 8.20. The summed E-state index contributed by atoms with van der Waals surface area (Å²) in [4.78, 5) is 42.4. The molecule has 0 saturated carbocycles. The van der Waals surface area contributed by atoms with Gasteiger partial charge in [0.25, 0.3) is 0 Å². The van der Waals surface area contributed by atoms with Crippen molar-refractivity contribution in [3.8, 4) is 0 Å². The van der Waals surface area contributed by atoms with Crippen LogP contribution in [0.3, 0.4) is 0 Å². The predicted molar refractivity (Wildman–Crippen MR) is 141 cm³/mol. The zero-order valence-electron chi connectivity index (χ0n) is 22.0. The summed E-state index contributed by atoms with van der Waals surface area (Å²) in [5, 5.41) is 5.84. The zero-order chi connectivity index (χ0) is 27.0. The van der Waals surface area contributed by atoms with Crippen LogP contribution in [-0.2, 0) is 20.7 Å². The van der Waals surface area contributed by atoms with Crippen LogP contribution in [0.1, 0.15) is 32.8 Å². The predicted octanol–water partition coefficient (Wildman–Crippen LogP) is 3.36. The highest BCUT2D eigenvalue weighted by molar-refractivity contribution is 5.88. The smallest absolute Gasteiger partial charge is 0.318 e. The fourth-order valence-corrected chi connectivity index (χ4v) is 4.51. The maximum atomic E-state index is 13.3. The number of hydrogen-bond acceptors (Lipinski definition) is 5. The molecule has 0 radical (unpaired) electrons. The van der Waals surface area contributed by atoms with E-state index in [1.807, 2.05) is 44.2 Å². The lowest BCUT2D eigenvalue weighted by Crippen LogP contribution is -2.58. The summed E-state index contributed by atoms with van der Waals surface area (Å²) in [7, 11) is 1.30. The first-order valence-electron chi connectivity index (χ1n) is 12.6. The molecule has 2 N–H and O–H groups in total. The Labute approximate surface area is 218 Å². The molecule has 1 heterocycles. The Morgan fingerprint density at radius 1 is 1.00 bits per heavy atom. The molecule has 0 aliphatic carbocycles. The average molecular weight is 513 g/mol. The van der Waals surface area contributed by atoms with E-state index in [9.17, 15) is 18.8 Å². The molecule has 3 amide bonds. The van der Waals surface area contributed by atoms with E-state index < -0.39 is 23.5 Å². The maximum absolute atomic E-state index is 13.3. The van der Waals surface area contributed by atoms with Crippen molar-refractivity contribution in [3.63, 3.8) is 0 Å². The quantitative estimate of drug-likeness (QED) is 0.503. The lowest BCUT2D eigenvalue weighted by molar-refractivity contribution is -0.145. The number of anilines is 1. The molecule has 200 valence electrons. The van der Waals surface area contributed by atoms with E-state index in [1.165, 1.54) is 19.2 Å². The molecule has 8 nitrogen and oxygen atoms in total. The van der Waals surface area contributed by atoms with Crippen LogP contribution >= 0.6 is 0 Å². The molecule has 37 heavy (non-hydrogen) atoms. The van der Waals surface area contributed by atoms with E-state index in [0.29, 0.717) is 32.6 Å². The Morgan fingerprint density at radius 3 is 2.22 bits per heavy atom. The summed E-state index contributed by atoms with van der Waals surface area (Å²) in [5.74, 6) is -1.75. The van der Waals surface area contributed by atoms with E-state index in [0.717, 1.165) is 11.3 Å². The van der Waals surface area contributed by atoms with Gasteiger partial charge in [-0.15, -0.1) is 0 Å². The molecule has 1 aliphatic rings. The number of methoxy groups -OCH3 is 1. The van der Waals surface area contributed by atoms with Crippen molar-refractivity contribution in [2.75, 3.05) is 38.2 Å². The van der Waals surface area contributed by atoms with Crippen LogP contribution in [0.4, 0.5) is 14.9 Å². The third-order valence-electron chi connectivity index (χ3n) is 6.52. The van der Waals surface area contributed by atoms with Gasteiger partial charge in [-0.3, -0.25) is 9.59 Å². The number of nitrogens with one attached hydrogen (secondary N) is 2. The number of halogens is 1. The van der Waals surface area contributed by atoms with Crippen molar-refractivity contribution in [2.24, 2.45) is 5.92 Å². The maximum Gasteiger partial charge on any atom is 0.318 e. The van der Waals surface area contributed by atoms with Crippen LogP contribution in [0.25, 0.3) is 0 Å². The monoisotopic (exact) mass is 512 g/mol. The molecule has 9 heteroatoms. The molecule has 0 aromatic heterocycles. The molecule has 2 aromatic carbocycles. The summed E-state index contributed by atoms with van der Waals surface area (Å²) >= 11 is 0. The van der Waals surface area contributed by atoms with Gasteiger partial charge in [0.05, 0.1) is 13.0 Å². The highest BCUT2D eigenvalue weighted by atomic mass is 19.1. The third-order valence-corrected chi connectivity index (χ3v) is 6.52. The summed E-state index contributed by atoms with van der Waals surface area (Å²) in [6, 6.07) is 14.9. The van der Waals surface area contributed by atoms with Crippen LogP contribution in [0.2, 0.25) is 0 Å². The minimum absolute atomic E-state index is 0.0981. The van der Waals surface area contributed by atoms with Crippen molar-refractivity contribution < 1.29 is 23.5 Å². The molecule has 3 rings (SSSR count). The van der Waals surface area contributed by atoms with E-state index in [1.54, 1.807) is 24.0 Å². The average Bonchev–Trinajstić information content (AvgIpc) is 2.89. The molecule has 1 fully saturated rings. The van der Waals surface area contributed by atoms with Gasteiger partial charge < -0.3 is 25.2 Å². The molecule has 1 aliphatic heterocycles. The largest absolute Gasteiger partial charge is 0.469 e. The molecule has 1 saturated heterocycles. The van der Waals surface area contributed by atoms with Gasteiger partial charge in [0.15, 0.2) is 0 Å². The standard InChI is InChI=1S/C28H37FN4O4/c1-20(26(35)37-4)18-24(25(34)31-28(2,3)19-21-10-12-22(29)13-11-21)30-27(36)33-16-14-32(15-17-33)23-8-6-5-7-9-23/h5-13,20,24H,14-19H2,1-4H3,(H,30,36)(H,31,34)/t20?,24-/m0/s1. The molecule has 0 spiro atoms. The number of hydrogen-bond donors (Lipinski definition) is 2. The van der Waals surface area contributed by atoms with Crippen LogP contribution in [0.15, 0.2) is 54.6 Å². The molecule has 0 bridgehead atoms. The number of nitrogens with zero attached hydrogens (tertiary/aromatic N) is 2. The van der Waals surface area contributed by atoms with Crippen LogP contribution in [0.5, 0.6) is 0 Å². The topological polar surface area (TPSA) is 91.0 Å². The number of urea groups is 1. The van der Waals surface area contributed by atoms with Gasteiger partial charge in [-0.1, -0.05) is 37.3 Å². The highest BCUT2D eigenvalue weighted by Gasteiger charge is 2.32. The molecular formula is C28H37FN4O4. The summed E-state index contributed by atoms with van der Waals surface area (Å²) in [6.45, 7) is 7.77. The fourth-order valence-electron chi connectivity index (χ4n) is 4.51. The van der Waals surface area contributed by atoms with Gasteiger partial charge in [0, 0.05) is 37.4 Å². The number of esters is 1. The Hall–Kier alpha value is -3.62. The Balaban J connectivity index is 1.64. The number of carbonyl (C=O) groups is 3. The van der Waals surface area contributed by atoms with Crippen molar-refractivity contribution in [3.05, 3.63) is 66.0 Å². The number of benzene rings is 2. The summed E-state index contributed by atoms with van der Waals surface area (Å²) in [6.07, 6.45) is 0.564. The zero-order valence-corrected chi connectivity index (χ0v) is 22.0. The van der Waals surface area contributed by atoms with Crippen molar-refractivity contribution in [2.45, 2.75) is 45.2 Å². The molecular weight excluding hydrogens is 475 g/mol. The number of carbonyl (C=O) groups excluding carboxylic acids is 3. The highest BCUT2D eigenvalue weighted by Crippen LogP contribution is 2.18. The van der Waals surface area contributed by atoms with Crippen molar-refractivity contribution in [1.29, 1.82) is 0 Å². The first kappa shape index (κ1) is 28.0. The van der Waals surface area contributed by atoms with E-state index in [-0.39, 0.29) is 24.2 Å². The normalized spacial score (nSPS) is 15.5. The van der Waals surface area contributed by atoms with Crippen LogP contribution in [0, 0.1) is 11.7 Å². The number of amides is 3. The first-order chi connectivity index (χ1) is 17.6. The second-order valence-electron chi connectivity index (χ2n) is 10.1. The van der Waals surface area contributed by atoms with Gasteiger partial charge in [0.1, 0.15) is 11.9 Å². The SMILES string of the molecule is COC(=O)C(C)C[C@H](NC(=O)N1CCN(c2ccccc2)CC1)C(=O)NC(C)(C)Cc1ccc(F)cc1. The van der Waals surface area contributed by atoms with Gasteiger partial charge >= 0.3 is 12.0 Å². The van der Waals surface area contributed by atoms with Gasteiger partial charge in [-0.2, -0.15) is 0 Å². The Bertz CT molecular complexity index is 1050. The molecule has 2 atom stereocenters. The van der Waals surface area contributed by atoms with Crippen molar-refractivity contribution >= 4 is 23.6 Å². The molecule has 1 unspecified atom stereocenters. The van der Waals surface area contributed by atoms with E-state index >= 15 is 0 Å². The second kappa shape index (κ2) is 12.6. The van der Waals surface area contributed by atoms with Crippen LogP contribution in [-0.4, -0.2) is 67.7 Å². The second-order valence-corrected chi connectivity index (χ2v) is 10.1. The van der Waals surface area contributed by atoms with Gasteiger partial charge in [0.2, 0.25) is 5.91 Å². The number of para-hydroxylation sites is 1. The minimum atomic E-state index is -0.929. The minimum Gasteiger partial charge on any atom is -0.469 e. The van der Waals surface area contributed by atoms with Crippen molar-refractivity contribution in [1.82, 2.24) is 15.5 Å². The lowest BCUT2D eigenvalue weighted by atomic mass is 9.93. The number of ether oxygens (including phenoxy) is 1. The van der Waals surface area contributed by atoms with Crippen LogP contribution < -0.4 is 15.5 Å². The number of piperazine rings is 1. The van der Waals surface area contributed by atoms with E-state index in [4.69, 9.17) is 4.74 Å². The van der Waals surface area contributed by atoms with Gasteiger partial charge in [-0.25, -0.2) is 9.18 Å². The first-order valence-corrected chi connectivity index (χ1v) is 12.6. The van der Waals surface area contributed by atoms with Gasteiger partial charge in [-0.05, 0) is 56.5 Å². The van der Waals surface area contributed by atoms with E-state index in [2.05, 4.69) is 15.5 Å². The molecule has 2 aromatic rings. The summed E-state index contributed by atoms with van der Waals surface area (Å²) in [5.41, 5.74) is 1.30. The Kier molecular flexibility index (Phi) is 9.49. The Morgan fingerprint density at radius 2 is 1.62 bits per heavy atom. The lowest BCUT2D eigenvalue weighted by Gasteiger charge is -2.37.